The number of hydrogen-bond acceptors (Lipinski definition) is 2. The largest absolute Gasteiger partial charge is 0.494 e. The van der Waals surface area contributed by atoms with Gasteiger partial charge in [-0.3, -0.25) is 4.79 Å². The SMILES string of the molecule is CCOc1ccc(C(=O)/C=C/c2cccc(F)c2)cc1. The highest BCUT2D eigenvalue weighted by Gasteiger charge is 2.02. The first kappa shape index (κ1) is 14.0. The summed E-state index contributed by atoms with van der Waals surface area (Å²) in [6.45, 7) is 2.49. The Morgan fingerprint density at radius 2 is 1.95 bits per heavy atom. The molecular formula is C17H15FO2. The van der Waals surface area contributed by atoms with E-state index in [0.29, 0.717) is 17.7 Å². The lowest BCUT2D eigenvalue weighted by Crippen LogP contribution is -1.95. The number of allylic oxidation sites excluding steroid dienone is 1. The van der Waals surface area contributed by atoms with Crippen LogP contribution in [0.3, 0.4) is 0 Å². The average Bonchev–Trinajstić information content (AvgIpc) is 2.46. The van der Waals surface area contributed by atoms with Crippen LogP contribution >= 0.6 is 0 Å². The van der Waals surface area contributed by atoms with Gasteiger partial charge in [0.05, 0.1) is 6.61 Å². The van der Waals surface area contributed by atoms with Crippen LogP contribution in [-0.2, 0) is 0 Å². The molecule has 2 aromatic carbocycles. The Balaban J connectivity index is 2.07. The van der Waals surface area contributed by atoms with Crippen molar-refractivity contribution in [1.82, 2.24) is 0 Å². The number of ketones is 1. The van der Waals surface area contributed by atoms with Gasteiger partial charge in [0.25, 0.3) is 0 Å². The van der Waals surface area contributed by atoms with E-state index in [-0.39, 0.29) is 11.6 Å². The molecule has 2 nitrogen and oxygen atoms in total. The second-order valence-corrected chi connectivity index (χ2v) is 4.21. The van der Waals surface area contributed by atoms with Gasteiger partial charge in [0.2, 0.25) is 0 Å². The van der Waals surface area contributed by atoms with Gasteiger partial charge in [-0.2, -0.15) is 0 Å². The molecule has 0 aliphatic rings. The quantitative estimate of drug-likeness (QED) is 0.603. The molecule has 2 aromatic rings. The Kier molecular flexibility index (Phi) is 4.66. The van der Waals surface area contributed by atoms with E-state index in [1.54, 1.807) is 42.5 Å². The Hall–Kier alpha value is -2.42. The van der Waals surface area contributed by atoms with Gasteiger partial charge in [-0.05, 0) is 55.0 Å². The number of carbonyl (C=O) groups is 1. The summed E-state index contributed by atoms with van der Waals surface area (Å²) < 4.78 is 18.3. The monoisotopic (exact) mass is 270 g/mol. The first-order valence-corrected chi connectivity index (χ1v) is 6.40. The number of benzene rings is 2. The lowest BCUT2D eigenvalue weighted by atomic mass is 10.1. The third-order valence-corrected chi connectivity index (χ3v) is 2.73. The molecule has 0 radical (unpaired) electrons. The number of hydrogen-bond donors (Lipinski definition) is 0. The molecule has 0 aliphatic carbocycles. The van der Waals surface area contributed by atoms with Gasteiger partial charge in [0, 0.05) is 5.56 Å². The lowest BCUT2D eigenvalue weighted by molar-refractivity contribution is 0.104. The number of rotatable bonds is 5. The summed E-state index contributed by atoms with van der Waals surface area (Å²) >= 11 is 0. The van der Waals surface area contributed by atoms with E-state index in [4.69, 9.17) is 4.74 Å². The Morgan fingerprint density at radius 3 is 2.60 bits per heavy atom. The zero-order valence-electron chi connectivity index (χ0n) is 11.2. The molecule has 0 bridgehead atoms. The fraction of sp³-hybridized carbons (Fsp3) is 0.118. The average molecular weight is 270 g/mol. The number of halogens is 1. The predicted octanol–water partition coefficient (Wildman–Crippen LogP) is 4.12. The molecule has 0 unspecified atom stereocenters. The van der Waals surface area contributed by atoms with Gasteiger partial charge in [-0.1, -0.05) is 18.2 Å². The van der Waals surface area contributed by atoms with Crippen LogP contribution in [0.2, 0.25) is 0 Å². The number of carbonyl (C=O) groups excluding carboxylic acids is 1. The van der Waals surface area contributed by atoms with Crippen molar-refractivity contribution in [2.75, 3.05) is 6.61 Å². The fourth-order valence-electron chi connectivity index (χ4n) is 1.76. The molecule has 0 saturated carbocycles. The van der Waals surface area contributed by atoms with Crippen LogP contribution in [0, 0.1) is 5.82 Å². The highest BCUT2D eigenvalue weighted by molar-refractivity contribution is 6.06. The third kappa shape index (κ3) is 3.79. The van der Waals surface area contributed by atoms with E-state index in [0.717, 1.165) is 5.75 Å². The smallest absolute Gasteiger partial charge is 0.185 e. The van der Waals surface area contributed by atoms with Crippen LogP contribution in [0.1, 0.15) is 22.8 Å². The minimum Gasteiger partial charge on any atom is -0.494 e. The molecule has 0 fully saturated rings. The summed E-state index contributed by atoms with van der Waals surface area (Å²) in [5.74, 6) is 0.288. The van der Waals surface area contributed by atoms with Crippen molar-refractivity contribution in [3.05, 3.63) is 71.6 Å². The molecule has 0 aliphatic heterocycles. The zero-order valence-corrected chi connectivity index (χ0v) is 11.2. The zero-order chi connectivity index (χ0) is 14.4. The Labute approximate surface area is 117 Å². The highest BCUT2D eigenvalue weighted by atomic mass is 19.1. The predicted molar refractivity (Wildman–Crippen MR) is 77.4 cm³/mol. The molecule has 102 valence electrons. The molecule has 0 N–H and O–H groups in total. The van der Waals surface area contributed by atoms with E-state index in [1.165, 1.54) is 18.2 Å². The lowest BCUT2D eigenvalue weighted by Gasteiger charge is -2.02. The van der Waals surface area contributed by atoms with Crippen LogP contribution < -0.4 is 4.74 Å². The minimum absolute atomic E-state index is 0.127. The Morgan fingerprint density at radius 1 is 1.20 bits per heavy atom. The van der Waals surface area contributed by atoms with Crippen molar-refractivity contribution in [2.24, 2.45) is 0 Å². The van der Waals surface area contributed by atoms with E-state index in [1.807, 2.05) is 6.92 Å². The molecule has 0 amide bonds. The summed E-state index contributed by atoms with van der Waals surface area (Å²) in [6, 6.07) is 13.0. The summed E-state index contributed by atoms with van der Waals surface area (Å²) in [4.78, 5) is 12.0. The van der Waals surface area contributed by atoms with Crippen LogP contribution in [0.25, 0.3) is 6.08 Å². The second kappa shape index (κ2) is 6.66. The number of ether oxygens (including phenoxy) is 1. The van der Waals surface area contributed by atoms with Crippen molar-refractivity contribution in [1.29, 1.82) is 0 Å². The molecule has 0 aromatic heterocycles. The fourth-order valence-corrected chi connectivity index (χ4v) is 1.76. The van der Waals surface area contributed by atoms with E-state index >= 15 is 0 Å². The van der Waals surface area contributed by atoms with Gasteiger partial charge >= 0.3 is 0 Å². The van der Waals surface area contributed by atoms with Gasteiger partial charge in [0.15, 0.2) is 5.78 Å². The van der Waals surface area contributed by atoms with E-state index in [2.05, 4.69) is 0 Å². The summed E-state index contributed by atoms with van der Waals surface area (Å²) in [7, 11) is 0. The molecular weight excluding hydrogens is 255 g/mol. The molecule has 3 heteroatoms. The Bertz CT molecular complexity index is 615. The van der Waals surface area contributed by atoms with Gasteiger partial charge in [-0.25, -0.2) is 4.39 Å². The van der Waals surface area contributed by atoms with Gasteiger partial charge in [0.1, 0.15) is 11.6 Å². The summed E-state index contributed by atoms with van der Waals surface area (Å²) in [5.41, 5.74) is 1.23. The van der Waals surface area contributed by atoms with Gasteiger partial charge in [-0.15, -0.1) is 0 Å². The van der Waals surface area contributed by atoms with Crippen LogP contribution in [0.15, 0.2) is 54.6 Å². The molecule has 0 atom stereocenters. The standard InChI is InChI=1S/C17H15FO2/c1-2-20-16-9-7-14(8-10-16)17(19)11-6-13-4-3-5-15(18)12-13/h3-12H,2H2,1H3/b11-6+. The third-order valence-electron chi connectivity index (χ3n) is 2.73. The summed E-state index contributed by atoms with van der Waals surface area (Å²) in [5, 5.41) is 0. The van der Waals surface area contributed by atoms with Crippen molar-refractivity contribution in [3.8, 4) is 5.75 Å². The maximum atomic E-state index is 13.0. The summed E-state index contributed by atoms with van der Waals surface area (Å²) in [6.07, 6.45) is 3.03. The normalized spacial score (nSPS) is 10.7. The molecule has 0 spiro atoms. The maximum absolute atomic E-state index is 13.0. The molecule has 2 rings (SSSR count). The van der Waals surface area contributed by atoms with Crippen LogP contribution in [0.4, 0.5) is 4.39 Å². The van der Waals surface area contributed by atoms with Crippen LogP contribution in [0.5, 0.6) is 5.75 Å². The maximum Gasteiger partial charge on any atom is 0.185 e. The highest BCUT2D eigenvalue weighted by Crippen LogP contribution is 2.13. The van der Waals surface area contributed by atoms with Crippen molar-refractivity contribution >= 4 is 11.9 Å². The molecule has 0 saturated heterocycles. The van der Waals surface area contributed by atoms with Gasteiger partial charge < -0.3 is 4.74 Å². The first-order valence-electron chi connectivity index (χ1n) is 6.40. The van der Waals surface area contributed by atoms with Crippen molar-refractivity contribution in [2.45, 2.75) is 6.92 Å². The van der Waals surface area contributed by atoms with E-state index < -0.39 is 0 Å². The van der Waals surface area contributed by atoms with Crippen LogP contribution in [-0.4, -0.2) is 12.4 Å². The van der Waals surface area contributed by atoms with Crippen molar-refractivity contribution in [3.63, 3.8) is 0 Å². The van der Waals surface area contributed by atoms with E-state index in [9.17, 15) is 9.18 Å². The second-order valence-electron chi connectivity index (χ2n) is 4.21. The molecule has 20 heavy (non-hydrogen) atoms. The molecule has 0 heterocycles. The topological polar surface area (TPSA) is 26.3 Å². The first-order chi connectivity index (χ1) is 9.69. The van der Waals surface area contributed by atoms with Crippen molar-refractivity contribution < 1.29 is 13.9 Å². The minimum atomic E-state index is -0.319.